The number of amides is 1. The van der Waals surface area contributed by atoms with Gasteiger partial charge in [0.2, 0.25) is 0 Å². The Bertz CT molecular complexity index is 764. The van der Waals surface area contributed by atoms with Gasteiger partial charge >= 0.3 is 0 Å². The Morgan fingerprint density at radius 3 is 2.65 bits per heavy atom. The molecule has 0 radical (unpaired) electrons. The summed E-state index contributed by atoms with van der Waals surface area (Å²) in [5.74, 6) is -0.474. The van der Waals surface area contributed by atoms with E-state index in [1.165, 1.54) is 6.20 Å². The summed E-state index contributed by atoms with van der Waals surface area (Å²) in [5.41, 5.74) is 2.41. The SMILES string of the molecule is Cc1c(Cl)cccc1NC(=O)/C(C#N)=C\NCc1ccccc1. The Labute approximate surface area is 140 Å². The molecule has 0 fully saturated rings. The van der Waals surface area contributed by atoms with Gasteiger partial charge in [-0.3, -0.25) is 4.79 Å². The molecule has 0 spiro atoms. The van der Waals surface area contributed by atoms with Gasteiger partial charge in [-0.05, 0) is 30.2 Å². The lowest BCUT2D eigenvalue weighted by Gasteiger charge is -2.09. The molecule has 23 heavy (non-hydrogen) atoms. The average molecular weight is 326 g/mol. The van der Waals surface area contributed by atoms with Crippen LogP contribution >= 0.6 is 11.6 Å². The molecule has 4 nitrogen and oxygen atoms in total. The number of nitriles is 1. The summed E-state index contributed by atoms with van der Waals surface area (Å²) in [7, 11) is 0. The summed E-state index contributed by atoms with van der Waals surface area (Å²) in [6, 6.07) is 16.8. The van der Waals surface area contributed by atoms with Crippen molar-refractivity contribution >= 4 is 23.2 Å². The number of halogens is 1. The van der Waals surface area contributed by atoms with Gasteiger partial charge in [0.25, 0.3) is 5.91 Å². The van der Waals surface area contributed by atoms with Crippen LogP contribution < -0.4 is 10.6 Å². The average Bonchev–Trinajstić information content (AvgIpc) is 2.56. The van der Waals surface area contributed by atoms with E-state index in [1.807, 2.05) is 36.4 Å². The second kappa shape index (κ2) is 8.02. The van der Waals surface area contributed by atoms with E-state index in [1.54, 1.807) is 25.1 Å². The lowest BCUT2D eigenvalue weighted by Crippen LogP contribution is -2.17. The summed E-state index contributed by atoms with van der Waals surface area (Å²) in [6.45, 7) is 2.34. The first-order chi connectivity index (χ1) is 11.1. The fourth-order valence-corrected chi connectivity index (χ4v) is 2.12. The van der Waals surface area contributed by atoms with Gasteiger partial charge in [0.15, 0.2) is 0 Å². The minimum absolute atomic E-state index is 0.000284. The lowest BCUT2D eigenvalue weighted by atomic mass is 10.2. The van der Waals surface area contributed by atoms with Gasteiger partial charge in [0, 0.05) is 23.5 Å². The first-order valence-corrected chi connectivity index (χ1v) is 7.43. The van der Waals surface area contributed by atoms with Crippen molar-refractivity contribution < 1.29 is 4.79 Å². The molecule has 0 aromatic heterocycles. The summed E-state index contributed by atoms with van der Waals surface area (Å²) in [4.78, 5) is 12.2. The lowest BCUT2D eigenvalue weighted by molar-refractivity contribution is -0.112. The number of carbonyl (C=O) groups excluding carboxylic acids is 1. The first-order valence-electron chi connectivity index (χ1n) is 7.06. The second-order valence-electron chi connectivity index (χ2n) is 4.90. The summed E-state index contributed by atoms with van der Waals surface area (Å²) in [6.07, 6.45) is 1.42. The van der Waals surface area contributed by atoms with Crippen LogP contribution in [-0.2, 0) is 11.3 Å². The Hall–Kier alpha value is -2.77. The van der Waals surface area contributed by atoms with E-state index in [2.05, 4.69) is 10.6 Å². The van der Waals surface area contributed by atoms with Gasteiger partial charge in [-0.15, -0.1) is 0 Å². The van der Waals surface area contributed by atoms with Gasteiger partial charge in [0.1, 0.15) is 11.6 Å². The predicted octanol–water partition coefficient (Wildman–Crippen LogP) is 3.78. The third-order valence-electron chi connectivity index (χ3n) is 3.28. The van der Waals surface area contributed by atoms with Crippen LogP contribution in [-0.4, -0.2) is 5.91 Å². The van der Waals surface area contributed by atoms with Crippen LogP contribution in [0.3, 0.4) is 0 Å². The van der Waals surface area contributed by atoms with Crippen molar-refractivity contribution in [2.45, 2.75) is 13.5 Å². The number of benzene rings is 2. The highest BCUT2D eigenvalue weighted by atomic mass is 35.5. The molecule has 0 atom stereocenters. The normalized spacial score (nSPS) is 10.7. The number of hydrogen-bond donors (Lipinski definition) is 2. The van der Waals surface area contributed by atoms with Crippen LogP contribution in [0, 0.1) is 18.3 Å². The molecule has 0 aliphatic carbocycles. The molecule has 2 aromatic rings. The smallest absolute Gasteiger partial charge is 0.267 e. The van der Waals surface area contributed by atoms with E-state index in [9.17, 15) is 4.79 Å². The second-order valence-corrected chi connectivity index (χ2v) is 5.31. The summed E-state index contributed by atoms with van der Waals surface area (Å²) < 4.78 is 0. The van der Waals surface area contributed by atoms with Crippen molar-refractivity contribution in [1.82, 2.24) is 5.32 Å². The van der Waals surface area contributed by atoms with Crippen molar-refractivity contribution in [3.63, 3.8) is 0 Å². The standard InChI is InChI=1S/C18H16ClN3O/c1-13-16(19)8-5-9-17(13)22-18(23)15(10-20)12-21-11-14-6-3-2-4-7-14/h2-9,12,21H,11H2,1H3,(H,22,23)/b15-12-. The maximum Gasteiger partial charge on any atom is 0.267 e. The minimum atomic E-state index is -0.474. The van der Waals surface area contributed by atoms with E-state index in [0.29, 0.717) is 17.3 Å². The Morgan fingerprint density at radius 1 is 1.22 bits per heavy atom. The van der Waals surface area contributed by atoms with Crippen molar-refractivity contribution in [2.75, 3.05) is 5.32 Å². The quantitative estimate of drug-likeness (QED) is 0.649. The van der Waals surface area contributed by atoms with Gasteiger partial charge < -0.3 is 10.6 Å². The van der Waals surface area contributed by atoms with E-state index in [0.717, 1.165) is 11.1 Å². The third kappa shape index (κ3) is 4.60. The zero-order chi connectivity index (χ0) is 16.7. The molecular formula is C18H16ClN3O. The molecule has 0 aliphatic heterocycles. The van der Waals surface area contributed by atoms with Crippen molar-refractivity contribution in [2.24, 2.45) is 0 Å². The van der Waals surface area contributed by atoms with E-state index in [4.69, 9.17) is 16.9 Å². The zero-order valence-corrected chi connectivity index (χ0v) is 13.4. The van der Waals surface area contributed by atoms with Crippen LogP contribution in [0.4, 0.5) is 5.69 Å². The highest BCUT2D eigenvalue weighted by Gasteiger charge is 2.11. The highest BCUT2D eigenvalue weighted by molar-refractivity contribution is 6.31. The zero-order valence-electron chi connectivity index (χ0n) is 12.6. The monoisotopic (exact) mass is 325 g/mol. The molecule has 0 heterocycles. The Morgan fingerprint density at radius 2 is 1.96 bits per heavy atom. The van der Waals surface area contributed by atoms with Crippen LogP contribution in [0.1, 0.15) is 11.1 Å². The fourth-order valence-electron chi connectivity index (χ4n) is 1.95. The van der Waals surface area contributed by atoms with Crippen LogP contribution in [0.25, 0.3) is 0 Å². The van der Waals surface area contributed by atoms with Crippen LogP contribution in [0.2, 0.25) is 5.02 Å². The number of hydrogen-bond acceptors (Lipinski definition) is 3. The predicted molar refractivity (Wildman–Crippen MR) is 91.8 cm³/mol. The van der Waals surface area contributed by atoms with Crippen molar-refractivity contribution in [1.29, 1.82) is 5.26 Å². The van der Waals surface area contributed by atoms with Gasteiger partial charge in [-0.1, -0.05) is 48.0 Å². The Balaban J connectivity index is 2.02. The fraction of sp³-hybridized carbons (Fsp3) is 0.111. The number of nitrogens with one attached hydrogen (secondary N) is 2. The van der Waals surface area contributed by atoms with E-state index < -0.39 is 5.91 Å². The molecular weight excluding hydrogens is 310 g/mol. The third-order valence-corrected chi connectivity index (χ3v) is 3.69. The van der Waals surface area contributed by atoms with Gasteiger partial charge in [-0.25, -0.2) is 0 Å². The van der Waals surface area contributed by atoms with Gasteiger partial charge in [-0.2, -0.15) is 5.26 Å². The molecule has 5 heteroatoms. The van der Waals surface area contributed by atoms with Crippen molar-refractivity contribution in [3.05, 3.63) is 76.5 Å². The molecule has 0 unspecified atom stereocenters. The van der Waals surface area contributed by atoms with Gasteiger partial charge in [0.05, 0.1) is 0 Å². The topological polar surface area (TPSA) is 64.9 Å². The molecule has 2 N–H and O–H groups in total. The number of carbonyl (C=O) groups is 1. The Kier molecular flexibility index (Phi) is 5.79. The maximum absolute atomic E-state index is 12.2. The number of rotatable bonds is 5. The molecule has 2 rings (SSSR count). The van der Waals surface area contributed by atoms with Crippen LogP contribution in [0.15, 0.2) is 60.3 Å². The van der Waals surface area contributed by atoms with E-state index in [-0.39, 0.29) is 5.57 Å². The molecule has 2 aromatic carbocycles. The summed E-state index contributed by atoms with van der Waals surface area (Å²) in [5, 5.41) is 15.4. The maximum atomic E-state index is 12.2. The first kappa shape index (κ1) is 16.6. The number of anilines is 1. The van der Waals surface area contributed by atoms with Crippen molar-refractivity contribution in [3.8, 4) is 6.07 Å². The highest BCUT2D eigenvalue weighted by Crippen LogP contribution is 2.23. The summed E-state index contributed by atoms with van der Waals surface area (Å²) >= 11 is 6.02. The largest absolute Gasteiger partial charge is 0.386 e. The molecule has 0 aliphatic rings. The molecule has 1 amide bonds. The minimum Gasteiger partial charge on any atom is -0.386 e. The van der Waals surface area contributed by atoms with Crippen LogP contribution in [0.5, 0.6) is 0 Å². The van der Waals surface area contributed by atoms with E-state index >= 15 is 0 Å². The molecule has 0 saturated heterocycles. The molecule has 116 valence electrons. The molecule has 0 bridgehead atoms. The number of nitrogens with zero attached hydrogens (tertiary/aromatic N) is 1. The molecule has 0 saturated carbocycles.